The highest BCUT2D eigenvalue weighted by Gasteiger charge is 2.02. The van der Waals surface area contributed by atoms with Crippen molar-refractivity contribution in [3.8, 4) is 5.75 Å². The molecule has 0 spiro atoms. The number of methoxy groups -OCH3 is 1. The summed E-state index contributed by atoms with van der Waals surface area (Å²) in [6.45, 7) is 2.53. The quantitative estimate of drug-likeness (QED) is 0.841. The SMILES string of the molecule is COc1cc(C)nc(Cn2cc(N)cn2)c1. The minimum Gasteiger partial charge on any atom is -0.497 e. The van der Waals surface area contributed by atoms with Crippen molar-refractivity contribution in [3.05, 3.63) is 35.9 Å². The van der Waals surface area contributed by atoms with Crippen LogP contribution in [0.15, 0.2) is 24.5 Å². The molecule has 2 heterocycles. The van der Waals surface area contributed by atoms with Gasteiger partial charge in [-0.1, -0.05) is 0 Å². The topological polar surface area (TPSA) is 66.0 Å². The fourth-order valence-electron chi connectivity index (χ4n) is 1.53. The predicted octanol–water partition coefficient (Wildman–Crippen LogP) is 1.23. The van der Waals surface area contributed by atoms with Gasteiger partial charge >= 0.3 is 0 Å². The molecule has 2 aromatic heterocycles. The number of rotatable bonds is 3. The number of anilines is 1. The lowest BCUT2D eigenvalue weighted by Crippen LogP contribution is -2.03. The number of nitrogens with zero attached hydrogens (tertiary/aromatic N) is 3. The first kappa shape index (κ1) is 10.5. The van der Waals surface area contributed by atoms with Crippen molar-refractivity contribution in [1.82, 2.24) is 14.8 Å². The van der Waals surface area contributed by atoms with Gasteiger partial charge in [0.25, 0.3) is 0 Å². The van der Waals surface area contributed by atoms with E-state index in [1.807, 2.05) is 19.1 Å². The van der Waals surface area contributed by atoms with Crippen LogP contribution < -0.4 is 10.5 Å². The van der Waals surface area contributed by atoms with Gasteiger partial charge < -0.3 is 10.5 Å². The Kier molecular flexibility index (Phi) is 2.76. The Morgan fingerprint density at radius 1 is 1.44 bits per heavy atom. The number of pyridine rings is 1. The van der Waals surface area contributed by atoms with Crippen LogP contribution in [0.1, 0.15) is 11.4 Å². The van der Waals surface area contributed by atoms with E-state index >= 15 is 0 Å². The summed E-state index contributed by atoms with van der Waals surface area (Å²) >= 11 is 0. The van der Waals surface area contributed by atoms with Crippen LogP contribution in [-0.2, 0) is 6.54 Å². The lowest BCUT2D eigenvalue weighted by molar-refractivity contribution is 0.412. The summed E-state index contributed by atoms with van der Waals surface area (Å²) in [5.41, 5.74) is 8.07. The number of hydrogen-bond donors (Lipinski definition) is 1. The van der Waals surface area contributed by atoms with Gasteiger partial charge in [-0.25, -0.2) is 0 Å². The molecular weight excluding hydrogens is 204 g/mol. The standard InChI is InChI=1S/C11H14N4O/c1-8-3-11(16-2)4-10(14-8)7-15-6-9(12)5-13-15/h3-6H,7,12H2,1-2H3. The Hall–Kier alpha value is -2.04. The second-order valence-corrected chi connectivity index (χ2v) is 3.61. The molecule has 2 rings (SSSR count). The van der Waals surface area contributed by atoms with Crippen LogP contribution in [0.5, 0.6) is 5.75 Å². The lowest BCUT2D eigenvalue weighted by atomic mass is 10.3. The molecular formula is C11H14N4O. The molecule has 2 aromatic rings. The van der Waals surface area contributed by atoms with Gasteiger partial charge in [-0.3, -0.25) is 9.67 Å². The van der Waals surface area contributed by atoms with Gasteiger partial charge in [-0.15, -0.1) is 0 Å². The Balaban J connectivity index is 2.24. The van der Waals surface area contributed by atoms with Crippen molar-refractivity contribution < 1.29 is 4.74 Å². The van der Waals surface area contributed by atoms with Crippen molar-refractivity contribution in [3.63, 3.8) is 0 Å². The molecule has 0 aromatic carbocycles. The summed E-state index contributed by atoms with van der Waals surface area (Å²) in [5.74, 6) is 0.808. The summed E-state index contributed by atoms with van der Waals surface area (Å²) < 4.78 is 6.93. The summed E-state index contributed by atoms with van der Waals surface area (Å²) in [5, 5.41) is 4.11. The van der Waals surface area contributed by atoms with Crippen LogP contribution in [0.25, 0.3) is 0 Å². The number of nitrogen functional groups attached to an aromatic ring is 1. The van der Waals surface area contributed by atoms with Crippen LogP contribution in [-0.4, -0.2) is 21.9 Å². The maximum absolute atomic E-state index is 5.59. The van der Waals surface area contributed by atoms with E-state index in [2.05, 4.69) is 10.1 Å². The molecule has 5 nitrogen and oxygen atoms in total. The van der Waals surface area contributed by atoms with E-state index in [9.17, 15) is 0 Å². The first-order chi connectivity index (χ1) is 7.67. The Morgan fingerprint density at radius 2 is 2.25 bits per heavy atom. The normalized spacial score (nSPS) is 10.4. The second-order valence-electron chi connectivity index (χ2n) is 3.61. The highest BCUT2D eigenvalue weighted by molar-refractivity contribution is 5.31. The third-order valence-corrected chi connectivity index (χ3v) is 2.19. The minimum absolute atomic E-state index is 0.592. The molecule has 0 atom stereocenters. The molecule has 0 aliphatic heterocycles. The Morgan fingerprint density at radius 3 is 2.88 bits per heavy atom. The van der Waals surface area contributed by atoms with Gasteiger partial charge in [0.2, 0.25) is 0 Å². The summed E-state index contributed by atoms with van der Waals surface area (Å²) in [6, 6.07) is 3.78. The van der Waals surface area contributed by atoms with Crippen LogP contribution in [0, 0.1) is 6.92 Å². The summed E-state index contributed by atoms with van der Waals surface area (Å²) in [6.07, 6.45) is 3.39. The van der Waals surface area contributed by atoms with Crippen molar-refractivity contribution in [2.24, 2.45) is 0 Å². The maximum Gasteiger partial charge on any atom is 0.122 e. The molecule has 0 amide bonds. The third-order valence-electron chi connectivity index (χ3n) is 2.19. The van der Waals surface area contributed by atoms with E-state index in [0.717, 1.165) is 17.1 Å². The zero-order chi connectivity index (χ0) is 11.5. The smallest absolute Gasteiger partial charge is 0.122 e. The summed E-state index contributed by atoms with van der Waals surface area (Å²) in [7, 11) is 1.64. The largest absolute Gasteiger partial charge is 0.497 e. The van der Waals surface area contributed by atoms with Gasteiger partial charge in [-0.05, 0) is 6.92 Å². The van der Waals surface area contributed by atoms with E-state index in [1.54, 1.807) is 24.2 Å². The number of aryl methyl sites for hydroxylation is 1. The van der Waals surface area contributed by atoms with E-state index in [4.69, 9.17) is 10.5 Å². The Labute approximate surface area is 93.9 Å². The first-order valence-electron chi connectivity index (χ1n) is 4.97. The summed E-state index contributed by atoms with van der Waals surface area (Å²) in [4.78, 5) is 4.40. The lowest BCUT2D eigenvalue weighted by Gasteiger charge is -2.05. The second kappa shape index (κ2) is 4.22. The molecule has 0 fully saturated rings. The average Bonchev–Trinajstić information content (AvgIpc) is 2.63. The third kappa shape index (κ3) is 2.31. The van der Waals surface area contributed by atoms with Crippen LogP contribution >= 0.6 is 0 Å². The first-order valence-corrected chi connectivity index (χ1v) is 4.97. The molecule has 16 heavy (non-hydrogen) atoms. The molecule has 0 aliphatic rings. The van der Waals surface area contributed by atoms with E-state index in [0.29, 0.717) is 12.2 Å². The zero-order valence-corrected chi connectivity index (χ0v) is 9.34. The van der Waals surface area contributed by atoms with Crippen LogP contribution in [0.2, 0.25) is 0 Å². The van der Waals surface area contributed by atoms with E-state index in [-0.39, 0.29) is 0 Å². The number of aromatic nitrogens is 3. The minimum atomic E-state index is 0.592. The van der Waals surface area contributed by atoms with Gasteiger partial charge in [0.05, 0.1) is 31.2 Å². The van der Waals surface area contributed by atoms with Crippen molar-refractivity contribution in [1.29, 1.82) is 0 Å². The van der Waals surface area contributed by atoms with Crippen molar-refractivity contribution >= 4 is 5.69 Å². The Bertz CT molecular complexity index is 492. The average molecular weight is 218 g/mol. The fraction of sp³-hybridized carbons (Fsp3) is 0.273. The molecule has 2 N–H and O–H groups in total. The van der Waals surface area contributed by atoms with Crippen molar-refractivity contribution in [2.45, 2.75) is 13.5 Å². The van der Waals surface area contributed by atoms with Crippen molar-refractivity contribution in [2.75, 3.05) is 12.8 Å². The zero-order valence-electron chi connectivity index (χ0n) is 9.34. The monoisotopic (exact) mass is 218 g/mol. The highest BCUT2D eigenvalue weighted by Crippen LogP contribution is 2.14. The molecule has 5 heteroatoms. The number of hydrogen-bond acceptors (Lipinski definition) is 4. The van der Waals surface area contributed by atoms with Gasteiger partial charge in [0, 0.05) is 24.0 Å². The molecule has 0 unspecified atom stereocenters. The van der Waals surface area contributed by atoms with Gasteiger partial charge in [0.1, 0.15) is 5.75 Å². The van der Waals surface area contributed by atoms with Gasteiger partial charge in [0.15, 0.2) is 0 Å². The molecule has 0 radical (unpaired) electrons. The number of nitrogens with two attached hydrogens (primary N) is 1. The number of ether oxygens (including phenoxy) is 1. The predicted molar refractivity (Wildman–Crippen MR) is 61.3 cm³/mol. The van der Waals surface area contributed by atoms with Crippen LogP contribution in [0.3, 0.4) is 0 Å². The van der Waals surface area contributed by atoms with Crippen LogP contribution in [0.4, 0.5) is 5.69 Å². The van der Waals surface area contributed by atoms with E-state index in [1.165, 1.54) is 0 Å². The molecule has 0 bridgehead atoms. The van der Waals surface area contributed by atoms with E-state index < -0.39 is 0 Å². The van der Waals surface area contributed by atoms with Gasteiger partial charge in [-0.2, -0.15) is 5.10 Å². The molecule has 84 valence electrons. The molecule has 0 saturated heterocycles. The fourth-order valence-corrected chi connectivity index (χ4v) is 1.53. The maximum atomic E-state index is 5.59. The molecule has 0 aliphatic carbocycles. The molecule has 0 saturated carbocycles. The highest BCUT2D eigenvalue weighted by atomic mass is 16.5.